The molecule has 3 aromatic rings. The first-order chi connectivity index (χ1) is 15.6. The van der Waals surface area contributed by atoms with Crippen molar-refractivity contribution in [2.75, 3.05) is 38.2 Å². The number of methoxy groups -OCH3 is 1. The lowest BCUT2D eigenvalue weighted by atomic mass is 10.1. The van der Waals surface area contributed by atoms with Crippen LogP contribution in [0.3, 0.4) is 0 Å². The van der Waals surface area contributed by atoms with E-state index in [0.29, 0.717) is 6.54 Å². The van der Waals surface area contributed by atoms with Crippen molar-refractivity contribution in [1.82, 2.24) is 4.90 Å². The zero-order chi connectivity index (χ0) is 22.7. The van der Waals surface area contributed by atoms with Crippen molar-refractivity contribution in [3.63, 3.8) is 0 Å². The Morgan fingerprint density at radius 2 is 1.75 bits per heavy atom. The number of anilines is 1. The molecule has 1 N–H and O–H groups in total. The molecule has 0 unspecified atom stereocenters. The molecule has 0 aliphatic carbocycles. The van der Waals surface area contributed by atoms with Crippen molar-refractivity contribution in [2.45, 2.75) is 30.1 Å². The summed E-state index contributed by atoms with van der Waals surface area (Å²) in [6, 6.07) is 19.9. The van der Waals surface area contributed by atoms with Crippen LogP contribution in [-0.2, 0) is 4.79 Å². The standard InChI is InChI=1S/C26H30N2O3S/c1-4-27(5-2)16-17-28-22-15-12-18-8-6-7-9-21(18)25(22)32-24(23(29)26(28)30)19-10-13-20(31-3)14-11-19/h6-15,23-24,29H,4-5,16-17H2,1-3H3/t23-,24+/m1/s1. The fraction of sp³-hybridized carbons (Fsp3) is 0.346. The van der Waals surface area contributed by atoms with Gasteiger partial charge < -0.3 is 19.6 Å². The van der Waals surface area contributed by atoms with E-state index in [1.165, 1.54) is 0 Å². The predicted octanol–water partition coefficient (Wildman–Crippen LogP) is 4.73. The Balaban J connectivity index is 1.80. The number of amides is 1. The minimum absolute atomic E-state index is 0.250. The molecule has 0 radical (unpaired) electrons. The van der Waals surface area contributed by atoms with Gasteiger partial charge in [0.15, 0.2) is 0 Å². The highest BCUT2D eigenvalue weighted by Gasteiger charge is 2.38. The normalized spacial score (nSPS) is 18.7. The van der Waals surface area contributed by atoms with E-state index < -0.39 is 11.4 Å². The number of ether oxygens (including phenoxy) is 1. The summed E-state index contributed by atoms with van der Waals surface area (Å²) >= 11 is 1.57. The van der Waals surface area contributed by atoms with Crippen molar-refractivity contribution in [1.29, 1.82) is 0 Å². The second kappa shape index (κ2) is 9.94. The molecule has 1 heterocycles. The Hall–Kier alpha value is -2.54. The lowest BCUT2D eigenvalue weighted by Gasteiger charge is -2.28. The molecule has 0 fully saturated rings. The molecule has 3 aromatic carbocycles. The van der Waals surface area contributed by atoms with Gasteiger partial charge in [0.2, 0.25) is 0 Å². The van der Waals surface area contributed by atoms with E-state index in [2.05, 4.69) is 36.9 Å². The maximum absolute atomic E-state index is 13.6. The molecule has 0 spiro atoms. The summed E-state index contributed by atoms with van der Waals surface area (Å²) in [6.07, 6.45) is -1.14. The number of thioether (sulfide) groups is 1. The van der Waals surface area contributed by atoms with Gasteiger partial charge in [0.1, 0.15) is 11.9 Å². The van der Waals surface area contributed by atoms with E-state index in [4.69, 9.17) is 4.74 Å². The molecule has 168 valence electrons. The maximum atomic E-state index is 13.6. The number of likely N-dealkylation sites (N-methyl/N-ethyl adjacent to an activating group) is 1. The van der Waals surface area contributed by atoms with Crippen molar-refractivity contribution in [3.05, 3.63) is 66.2 Å². The molecule has 1 amide bonds. The van der Waals surface area contributed by atoms with Crippen molar-refractivity contribution < 1.29 is 14.6 Å². The van der Waals surface area contributed by atoms with Crippen molar-refractivity contribution in [2.24, 2.45) is 0 Å². The first-order valence-electron chi connectivity index (χ1n) is 11.1. The second-order valence-corrected chi connectivity index (χ2v) is 9.06. The number of carbonyl (C=O) groups excluding carboxylic acids is 1. The van der Waals surface area contributed by atoms with Crippen molar-refractivity contribution in [3.8, 4) is 5.75 Å². The summed E-state index contributed by atoms with van der Waals surface area (Å²) in [5.41, 5.74) is 1.78. The fourth-order valence-corrected chi connectivity index (χ4v) is 5.63. The number of fused-ring (bicyclic) bond motifs is 3. The maximum Gasteiger partial charge on any atom is 0.257 e. The van der Waals surface area contributed by atoms with Gasteiger partial charge in [0.25, 0.3) is 5.91 Å². The van der Waals surface area contributed by atoms with E-state index in [9.17, 15) is 9.90 Å². The summed E-state index contributed by atoms with van der Waals surface area (Å²) in [5.74, 6) is 0.499. The highest BCUT2D eigenvalue weighted by Crippen LogP contribution is 2.48. The first-order valence-corrected chi connectivity index (χ1v) is 12.0. The van der Waals surface area contributed by atoms with Crippen LogP contribution in [0, 0.1) is 0 Å². The largest absolute Gasteiger partial charge is 0.497 e. The number of hydrogen-bond donors (Lipinski definition) is 1. The van der Waals surface area contributed by atoms with Crippen LogP contribution < -0.4 is 9.64 Å². The Morgan fingerprint density at radius 1 is 1.03 bits per heavy atom. The number of aliphatic hydroxyl groups is 1. The molecule has 0 bridgehead atoms. The van der Waals surface area contributed by atoms with Gasteiger partial charge in [-0.3, -0.25) is 4.79 Å². The van der Waals surface area contributed by atoms with E-state index in [1.807, 2.05) is 42.5 Å². The zero-order valence-corrected chi connectivity index (χ0v) is 19.6. The zero-order valence-electron chi connectivity index (χ0n) is 18.8. The molecule has 32 heavy (non-hydrogen) atoms. The second-order valence-electron chi connectivity index (χ2n) is 7.91. The molecular weight excluding hydrogens is 420 g/mol. The molecule has 1 aliphatic heterocycles. The number of benzene rings is 3. The van der Waals surface area contributed by atoms with E-state index in [0.717, 1.165) is 52.3 Å². The summed E-state index contributed by atoms with van der Waals surface area (Å²) in [6.45, 7) is 7.40. The molecular formula is C26H30N2O3S. The van der Waals surface area contributed by atoms with Crippen LogP contribution in [0.25, 0.3) is 10.8 Å². The van der Waals surface area contributed by atoms with Gasteiger partial charge in [-0.05, 0) is 47.6 Å². The lowest BCUT2D eigenvalue weighted by Crippen LogP contribution is -2.44. The molecule has 5 nitrogen and oxygen atoms in total. The number of rotatable bonds is 7. The first kappa shape index (κ1) is 22.6. The van der Waals surface area contributed by atoms with Gasteiger partial charge in [-0.15, -0.1) is 11.8 Å². The topological polar surface area (TPSA) is 53.0 Å². The minimum atomic E-state index is -1.14. The molecule has 6 heteroatoms. The summed E-state index contributed by atoms with van der Waals surface area (Å²) in [4.78, 5) is 18.7. The molecule has 1 aliphatic rings. The third-order valence-corrected chi connectivity index (χ3v) is 7.63. The average Bonchev–Trinajstić information content (AvgIpc) is 2.94. The molecule has 0 saturated heterocycles. The van der Waals surface area contributed by atoms with Crippen LogP contribution in [0.5, 0.6) is 5.75 Å². The predicted molar refractivity (Wildman–Crippen MR) is 132 cm³/mol. The summed E-state index contributed by atoms with van der Waals surface area (Å²) < 4.78 is 5.29. The van der Waals surface area contributed by atoms with Gasteiger partial charge in [-0.2, -0.15) is 0 Å². The number of nitrogens with zero attached hydrogens (tertiary/aromatic N) is 2. The quantitative estimate of drug-likeness (QED) is 0.564. The van der Waals surface area contributed by atoms with Crippen LogP contribution >= 0.6 is 11.8 Å². The van der Waals surface area contributed by atoms with Gasteiger partial charge in [0, 0.05) is 18.0 Å². The Labute approximate surface area is 194 Å². The summed E-state index contributed by atoms with van der Waals surface area (Å²) in [7, 11) is 1.63. The average molecular weight is 451 g/mol. The third kappa shape index (κ3) is 4.35. The fourth-order valence-electron chi connectivity index (χ4n) is 4.22. The Morgan fingerprint density at radius 3 is 2.44 bits per heavy atom. The summed E-state index contributed by atoms with van der Waals surface area (Å²) in [5, 5.41) is 13.1. The third-order valence-electron chi connectivity index (χ3n) is 6.18. The van der Waals surface area contributed by atoms with Gasteiger partial charge in [0.05, 0.1) is 18.0 Å². The monoisotopic (exact) mass is 450 g/mol. The molecule has 2 atom stereocenters. The highest BCUT2D eigenvalue weighted by molar-refractivity contribution is 8.00. The van der Waals surface area contributed by atoms with Gasteiger partial charge >= 0.3 is 0 Å². The molecule has 0 aromatic heterocycles. The van der Waals surface area contributed by atoms with E-state index in [-0.39, 0.29) is 5.91 Å². The van der Waals surface area contributed by atoms with E-state index >= 15 is 0 Å². The highest BCUT2D eigenvalue weighted by atomic mass is 32.2. The van der Waals surface area contributed by atoms with Crippen LogP contribution in [0.15, 0.2) is 65.6 Å². The Bertz CT molecular complexity index is 1080. The van der Waals surface area contributed by atoms with Crippen LogP contribution in [-0.4, -0.2) is 55.3 Å². The number of aliphatic hydroxyl groups excluding tert-OH is 1. The van der Waals surface area contributed by atoms with Gasteiger partial charge in [-0.25, -0.2) is 0 Å². The minimum Gasteiger partial charge on any atom is -0.497 e. The smallest absolute Gasteiger partial charge is 0.257 e. The Kier molecular flexibility index (Phi) is 7.04. The lowest BCUT2D eigenvalue weighted by molar-refractivity contribution is -0.126. The van der Waals surface area contributed by atoms with Crippen molar-refractivity contribution >= 4 is 34.1 Å². The number of carbonyl (C=O) groups is 1. The van der Waals surface area contributed by atoms with E-state index in [1.54, 1.807) is 23.8 Å². The van der Waals surface area contributed by atoms with Crippen LogP contribution in [0.1, 0.15) is 24.7 Å². The van der Waals surface area contributed by atoms with Crippen LogP contribution in [0.4, 0.5) is 5.69 Å². The SMILES string of the molecule is CCN(CC)CCN1C(=O)[C@H](O)[C@H](c2ccc(OC)cc2)Sc2c1ccc1ccccc21. The van der Waals surface area contributed by atoms with Gasteiger partial charge in [-0.1, -0.05) is 56.3 Å². The number of hydrogen-bond acceptors (Lipinski definition) is 5. The van der Waals surface area contributed by atoms with Crippen LogP contribution in [0.2, 0.25) is 0 Å². The molecule has 4 rings (SSSR count). The molecule has 0 saturated carbocycles.